The van der Waals surface area contributed by atoms with E-state index in [1.165, 1.54) is 12.7 Å². The molecular formula is C12H16N2O2. The lowest BCUT2D eigenvalue weighted by Crippen LogP contribution is -2.16. The molecule has 0 atom stereocenters. The standard InChI is InChI=1S/C12H16N2O2/c1-8-5-9(2)11(10(3)6-8)7-13-14-12(15)16-4/h5-7H,1-4H3,(H,14,15)/b13-7-. The first-order valence-electron chi connectivity index (χ1n) is 4.99. The molecule has 0 fully saturated rings. The molecule has 0 saturated carbocycles. The Kier molecular flexibility index (Phi) is 4.05. The van der Waals surface area contributed by atoms with Crippen LogP contribution in [0.5, 0.6) is 0 Å². The van der Waals surface area contributed by atoms with Gasteiger partial charge in [-0.3, -0.25) is 0 Å². The number of rotatable bonds is 2. The van der Waals surface area contributed by atoms with Gasteiger partial charge in [-0.15, -0.1) is 0 Å². The zero-order valence-corrected chi connectivity index (χ0v) is 10.00. The quantitative estimate of drug-likeness (QED) is 0.614. The van der Waals surface area contributed by atoms with Gasteiger partial charge in [0.15, 0.2) is 0 Å². The average molecular weight is 220 g/mol. The molecular weight excluding hydrogens is 204 g/mol. The molecule has 0 saturated heterocycles. The molecule has 1 amide bonds. The number of amides is 1. The van der Waals surface area contributed by atoms with E-state index in [1.54, 1.807) is 6.21 Å². The first-order valence-corrected chi connectivity index (χ1v) is 4.99. The highest BCUT2D eigenvalue weighted by Gasteiger charge is 2.01. The van der Waals surface area contributed by atoms with Crippen LogP contribution in [0.4, 0.5) is 4.79 Å². The van der Waals surface area contributed by atoms with Gasteiger partial charge in [0.25, 0.3) is 0 Å². The highest BCUT2D eigenvalue weighted by atomic mass is 16.5. The Bertz CT molecular complexity index is 402. The SMILES string of the molecule is COC(=O)N/N=C\c1c(C)cc(C)cc1C. The summed E-state index contributed by atoms with van der Waals surface area (Å²) in [6.45, 7) is 6.08. The van der Waals surface area contributed by atoms with Crippen molar-refractivity contribution in [1.29, 1.82) is 0 Å². The molecule has 0 aliphatic heterocycles. The number of benzene rings is 1. The van der Waals surface area contributed by atoms with Crippen LogP contribution in [-0.2, 0) is 4.74 Å². The molecule has 0 aromatic heterocycles. The largest absolute Gasteiger partial charge is 0.452 e. The van der Waals surface area contributed by atoms with E-state index in [2.05, 4.69) is 27.4 Å². The van der Waals surface area contributed by atoms with Gasteiger partial charge in [0.1, 0.15) is 0 Å². The van der Waals surface area contributed by atoms with Crippen molar-refractivity contribution in [2.24, 2.45) is 5.10 Å². The highest BCUT2D eigenvalue weighted by Crippen LogP contribution is 2.13. The highest BCUT2D eigenvalue weighted by molar-refractivity contribution is 5.84. The zero-order valence-electron chi connectivity index (χ0n) is 10.00. The summed E-state index contributed by atoms with van der Waals surface area (Å²) in [5.41, 5.74) is 6.75. The maximum Gasteiger partial charge on any atom is 0.427 e. The summed E-state index contributed by atoms with van der Waals surface area (Å²) >= 11 is 0. The maximum absolute atomic E-state index is 10.8. The van der Waals surface area contributed by atoms with Crippen molar-refractivity contribution in [3.63, 3.8) is 0 Å². The fourth-order valence-corrected chi connectivity index (χ4v) is 1.59. The van der Waals surface area contributed by atoms with Crippen LogP contribution in [0.25, 0.3) is 0 Å². The number of hydrogen-bond acceptors (Lipinski definition) is 3. The minimum Gasteiger partial charge on any atom is -0.452 e. The maximum atomic E-state index is 10.8. The van der Waals surface area contributed by atoms with E-state index in [9.17, 15) is 4.79 Å². The minimum atomic E-state index is -0.571. The summed E-state index contributed by atoms with van der Waals surface area (Å²) in [6.07, 6.45) is 1.06. The number of nitrogens with zero attached hydrogens (tertiary/aromatic N) is 1. The second kappa shape index (κ2) is 5.30. The lowest BCUT2D eigenvalue weighted by atomic mass is 10.0. The predicted molar refractivity (Wildman–Crippen MR) is 63.8 cm³/mol. The summed E-state index contributed by atoms with van der Waals surface area (Å²) in [5, 5.41) is 3.81. The second-order valence-electron chi connectivity index (χ2n) is 3.67. The summed E-state index contributed by atoms with van der Waals surface area (Å²) in [6, 6.07) is 4.15. The lowest BCUT2D eigenvalue weighted by Gasteiger charge is -2.06. The van der Waals surface area contributed by atoms with Gasteiger partial charge in [0.2, 0.25) is 0 Å². The summed E-state index contributed by atoms with van der Waals surface area (Å²) in [4.78, 5) is 10.8. The van der Waals surface area contributed by atoms with E-state index in [1.807, 2.05) is 20.8 Å². The minimum absolute atomic E-state index is 0.571. The number of ether oxygens (including phenoxy) is 1. The topological polar surface area (TPSA) is 50.7 Å². The Hall–Kier alpha value is -1.84. The van der Waals surface area contributed by atoms with Crippen molar-refractivity contribution >= 4 is 12.3 Å². The van der Waals surface area contributed by atoms with Gasteiger partial charge < -0.3 is 4.74 Å². The first kappa shape index (κ1) is 12.2. The lowest BCUT2D eigenvalue weighted by molar-refractivity contribution is 0.171. The number of hydrogen-bond donors (Lipinski definition) is 1. The average Bonchev–Trinajstić information content (AvgIpc) is 2.21. The Morgan fingerprint density at radius 1 is 1.31 bits per heavy atom. The molecule has 1 aromatic carbocycles. The van der Waals surface area contributed by atoms with Crippen molar-refractivity contribution in [1.82, 2.24) is 5.43 Å². The monoisotopic (exact) mass is 220 g/mol. The van der Waals surface area contributed by atoms with E-state index < -0.39 is 6.09 Å². The molecule has 0 heterocycles. The van der Waals surface area contributed by atoms with Crippen molar-refractivity contribution < 1.29 is 9.53 Å². The van der Waals surface area contributed by atoms with Crippen LogP contribution in [0.1, 0.15) is 22.3 Å². The van der Waals surface area contributed by atoms with E-state index >= 15 is 0 Å². The molecule has 16 heavy (non-hydrogen) atoms. The van der Waals surface area contributed by atoms with Crippen LogP contribution < -0.4 is 5.43 Å². The summed E-state index contributed by atoms with van der Waals surface area (Å²) in [7, 11) is 1.30. The third-order valence-electron chi connectivity index (χ3n) is 2.27. The van der Waals surface area contributed by atoms with Gasteiger partial charge in [-0.25, -0.2) is 10.2 Å². The Balaban J connectivity index is 2.85. The zero-order chi connectivity index (χ0) is 12.1. The van der Waals surface area contributed by atoms with Crippen LogP contribution in [0.2, 0.25) is 0 Å². The predicted octanol–water partition coefficient (Wildman–Crippen LogP) is 2.30. The van der Waals surface area contributed by atoms with Gasteiger partial charge in [-0.05, 0) is 31.9 Å². The first-order chi connectivity index (χ1) is 7.54. The van der Waals surface area contributed by atoms with Crippen molar-refractivity contribution in [3.05, 3.63) is 34.4 Å². The van der Waals surface area contributed by atoms with Gasteiger partial charge in [0.05, 0.1) is 13.3 Å². The van der Waals surface area contributed by atoms with E-state index in [0.717, 1.165) is 16.7 Å². The van der Waals surface area contributed by atoms with Crippen LogP contribution >= 0.6 is 0 Å². The molecule has 1 aromatic rings. The number of hydrazone groups is 1. The molecule has 4 heteroatoms. The molecule has 0 aliphatic carbocycles. The fourth-order valence-electron chi connectivity index (χ4n) is 1.59. The molecule has 0 spiro atoms. The van der Waals surface area contributed by atoms with E-state index in [4.69, 9.17) is 0 Å². The second-order valence-corrected chi connectivity index (χ2v) is 3.67. The van der Waals surface area contributed by atoms with Crippen molar-refractivity contribution in [2.45, 2.75) is 20.8 Å². The Morgan fingerprint density at radius 3 is 2.38 bits per heavy atom. The summed E-state index contributed by atoms with van der Waals surface area (Å²) in [5.74, 6) is 0. The van der Waals surface area contributed by atoms with E-state index in [0.29, 0.717) is 0 Å². The van der Waals surface area contributed by atoms with Crippen LogP contribution in [0.3, 0.4) is 0 Å². The molecule has 0 radical (unpaired) electrons. The Labute approximate surface area is 95.3 Å². The van der Waals surface area contributed by atoms with Crippen LogP contribution in [0, 0.1) is 20.8 Å². The molecule has 86 valence electrons. The van der Waals surface area contributed by atoms with E-state index in [-0.39, 0.29) is 0 Å². The fraction of sp³-hybridized carbons (Fsp3) is 0.333. The molecule has 0 unspecified atom stereocenters. The summed E-state index contributed by atoms with van der Waals surface area (Å²) < 4.78 is 4.40. The van der Waals surface area contributed by atoms with Crippen molar-refractivity contribution in [2.75, 3.05) is 7.11 Å². The number of nitrogens with one attached hydrogen (secondary N) is 1. The molecule has 0 bridgehead atoms. The number of methoxy groups -OCH3 is 1. The Morgan fingerprint density at radius 2 is 1.88 bits per heavy atom. The molecule has 1 N–H and O–H groups in total. The van der Waals surface area contributed by atoms with Gasteiger partial charge >= 0.3 is 6.09 Å². The van der Waals surface area contributed by atoms with Gasteiger partial charge in [-0.2, -0.15) is 5.10 Å². The van der Waals surface area contributed by atoms with Crippen LogP contribution in [0.15, 0.2) is 17.2 Å². The number of carbonyl (C=O) groups is 1. The third-order valence-corrected chi connectivity index (χ3v) is 2.27. The molecule has 1 rings (SSSR count). The van der Waals surface area contributed by atoms with Crippen LogP contribution in [-0.4, -0.2) is 19.4 Å². The number of aryl methyl sites for hydroxylation is 3. The molecule has 4 nitrogen and oxygen atoms in total. The normalized spacial score (nSPS) is 10.5. The third kappa shape index (κ3) is 3.08. The van der Waals surface area contributed by atoms with Gasteiger partial charge in [0, 0.05) is 5.56 Å². The van der Waals surface area contributed by atoms with Crippen molar-refractivity contribution in [3.8, 4) is 0 Å². The number of carbonyl (C=O) groups excluding carboxylic acids is 1. The molecule has 0 aliphatic rings. The smallest absolute Gasteiger partial charge is 0.427 e. The van der Waals surface area contributed by atoms with Gasteiger partial charge in [-0.1, -0.05) is 17.7 Å².